The maximum atomic E-state index is 12.7. The second kappa shape index (κ2) is 9.26. The summed E-state index contributed by atoms with van der Waals surface area (Å²) in [5.41, 5.74) is 0.442. The molecule has 2 heterocycles. The quantitative estimate of drug-likeness (QED) is 0.741. The summed E-state index contributed by atoms with van der Waals surface area (Å²) in [6.45, 7) is 1.68. The highest BCUT2D eigenvalue weighted by atomic mass is 79.9. The second-order valence-corrected chi connectivity index (χ2v) is 7.98. The number of rotatable bonds is 5. The zero-order chi connectivity index (χ0) is 21.0. The summed E-state index contributed by atoms with van der Waals surface area (Å²) >= 11 is 3.40. The predicted molar refractivity (Wildman–Crippen MR) is 113 cm³/mol. The Kier molecular flexibility index (Phi) is 6.74. The summed E-state index contributed by atoms with van der Waals surface area (Å²) in [6, 6.07) is 8.54. The molecule has 1 aromatic carbocycles. The number of nitrogens with zero attached hydrogens (tertiary/aromatic N) is 2. The van der Waals surface area contributed by atoms with E-state index in [0.717, 1.165) is 12.8 Å². The number of nitrogens with one attached hydrogen (secondary N) is 1. The molecule has 0 unspecified atom stereocenters. The number of benzene rings is 1. The fourth-order valence-corrected chi connectivity index (χ4v) is 3.83. The molecule has 0 spiro atoms. The topological polar surface area (TPSA) is 80.6 Å². The van der Waals surface area contributed by atoms with Gasteiger partial charge in [0, 0.05) is 37.4 Å². The Labute approximate surface area is 177 Å². The van der Waals surface area contributed by atoms with Gasteiger partial charge in [-0.15, -0.1) is 0 Å². The molecule has 1 aliphatic heterocycles. The van der Waals surface area contributed by atoms with E-state index < -0.39 is 0 Å². The number of piperidine rings is 1. The van der Waals surface area contributed by atoms with Crippen molar-refractivity contribution >= 4 is 27.7 Å². The summed E-state index contributed by atoms with van der Waals surface area (Å²) in [4.78, 5) is 39.0. The van der Waals surface area contributed by atoms with Crippen LogP contribution in [0.15, 0.2) is 45.8 Å². The van der Waals surface area contributed by atoms with E-state index in [2.05, 4.69) is 21.2 Å². The van der Waals surface area contributed by atoms with Crippen LogP contribution in [0.4, 0.5) is 0 Å². The minimum Gasteiger partial charge on any atom is -0.497 e. The third-order valence-electron chi connectivity index (χ3n) is 5.22. The second-order valence-electron chi connectivity index (χ2n) is 7.13. The zero-order valence-corrected chi connectivity index (χ0v) is 18.1. The van der Waals surface area contributed by atoms with Crippen molar-refractivity contribution in [3.8, 4) is 5.75 Å². The molecule has 2 amide bonds. The van der Waals surface area contributed by atoms with Crippen LogP contribution >= 0.6 is 15.9 Å². The van der Waals surface area contributed by atoms with Gasteiger partial charge in [0.1, 0.15) is 11.3 Å². The number of pyridine rings is 1. The highest BCUT2D eigenvalue weighted by Gasteiger charge is 2.25. The Bertz CT molecular complexity index is 965. The first kappa shape index (κ1) is 21.1. The molecule has 7 nitrogen and oxygen atoms in total. The summed E-state index contributed by atoms with van der Waals surface area (Å²) in [6.07, 6.45) is 3.19. The minimum absolute atomic E-state index is 0.165. The van der Waals surface area contributed by atoms with E-state index in [1.54, 1.807) is 55.6 Å². The first-order valence-corrected chi connectivity index (χ1v) is 10.3. The third kappa shape index (κ3) is 4.87. The zero-order valence-electron chi connectivity index (χ0n) is 16.5. The number of hydrogen-bond acceptors (Lipinski definition) is 4. The summed E-state index contributed by atoms with van der Waals surface area (Å²) < 4.78 is 7.30. The van der Waals surface area contributed by atoms with Gasteiger partial charge >= 0.3 is 0 Å². The van der Waals surface area contributed by atoms with Crippen molar-refractivity contribution in [1.82, 2.24) is 14.8 Å². The number of ether oxygens (including phenoxy) is 1. The fourth-order valence-electron chi connectivity index (χ4n) is 3.41. The predicted octanol–water partition coefficient (Wildman–Crippen LogP) is 2.44. The largest absolute Gasteiger partial charge is 0.497 e. The normalized spacial score (nSPS) is 14.5. The molecule has 1 saturated heterocycles. The molecule has 3 rings (SSSR count). The van der Waals surface area contributed by atoms with E-state index in [4.69, 9.17) is 4.74 Å². The highest BCUT2D eigenvalue weighted by Crippen LogP contribution is 2.23. The number of halogens is 1. The van der Waals surface area contributed by atoms with E-state index in [-0.39, 0.29) is 28.9 Å². The van der Waals surface area contributed by atoms with Crippen LogP contribution < -0.4 is 15.6 Å². The van der Waals surface area contributed by atoms with Gasteiger partial charge in [-0.1, -0.05) is 0 Å². The Balaban J connectivity index is 1.54. The molecule has 29 heavy (non-hydrogen) atoms. The molecule has 154 valence electrons. The Hall–Kier alpha value is -2.61. The molecule has 0 radical (unpaired) electrons. The Morgan fingerprint density at radius 2 is 1.93 bits per heavy atom. The average molecular weight is 462 g/mol. The lowest BCUT2D eigenvalue weighted by atomic mass is 9.96. The molecule has 2 aromatic rings. The monoisotopic (exact) mass is 461 g/mol. The lowest BCUT2D eigenvalue weighted by molar-refractivity contribution is 0.0682. The Morgan fingerprint density at radius 3 is 2.62 bits per heavy atom. The van der Waals surface area contributed by atoms with Crippen LogP contribution in [0, 0.1) is 5.92 Å². The highest BCUT2D eigenvalue weighted by molar-refractivity contribution is 9.10. The van der Waals surface area contributed by atoms with Crippen molar-refractivity contribution in [2.45, 2.75) is 12.8 Å². The van der Waals surface area contributed by atoms with Gasteiger partial charge in [-0.2, -0.15) is 0 Å². The Morgan fingerprint density at radius 1 is 1.21 bits per heavy atom. The van der Waals surface area contributed by atoms with E-state index in [9.17, 15) is 14.4 Å². The number of amides is 2. The molecule has 8 heteroatoms. The van der Waals surface area contributed by atoms with Crippen molar-refractivity contribution in [1.29, 1.82) is 0 Å². The van der Waals surface area contributed by atoms with Crippen molar-refractivity contribution in [2.75, 3.05) is 26.7 Å². The summed E-state index contributed by atoms with van der Waals surface area (Å²) in [7, 11) is 3.19. The maximum absolute atomic E-state index is 12.7. The van der Waals surface area contributed by atoms with E-state index >= 15 is 0 Å². The molecule has 1 fully saturated rings. The molecule has 1 aliphatic rings. The number of likely N-dealkylation sites (tertiary alicyclic amines) is 1. The number of methoxy groups -OCH3 is 1. The van der Waals surface area contributed by atoms with Gasteiger partial charge < -0.3 is 19.5 Å². The van der Waals surface area contributed by atoms with Gasteiger partial charge in [-0.25, -0.2) is 0 Å². The number of carbonyl (C=O) groups is 2. The lowest BCUT2D eigenvalue weighted by Crippen LogP contribution is -2.43. The van der Waals surface area contributed by atoms with Gasteiger partial charge in [0.05, 0.1) is 12.7 Å². The van der Waals surface area contributed by atoms with Crippen LogP contribution in [0.3, 0.4) is 0 Å². The van der Waals surface area contributed by atoms with Gasteiger partial charge in [-0.05, 0) is 65.0 Å². The molecule has 1 aromatic heterocycles. The van der Waals surface area contributed by atoms with Crippen LogP contribution in [0.25, 0.3) is 0 Å². The van der Waals surface area contributed by atoms with Crippen LogP contribution in [0.5, 0.6) is 5.75 Å². The first-order chi connectivity index (χ1) is 13.9. The lowest BCUT2D eigenvalue weighted by Gasteiger charge is -2.32. The van der Waals surface area contributed by atoms with E-state index in [0.29, 0.717) is 35.4 Å². The standard InChI is InChI=1S/C21H24BrN3O4/c1-24-9-3-4-16(20(24)27)21(28)25-10-7-14(8-11-25)13-23-19(26)17-12-15(29-2)5-6-18(17)22/h3-6,9,12,14H,7-8,10-11,13H2,1-2H3,(H,23,26). The molecule has 0 atom stereocenters. The van der Waals surface area contributed by atoms with Crippen LogP contribution in [-0.4, -0.2) is 48.0 Å². The van der Waals surface area contributed by atoms with Crippen LogP contribution in [-0.2, 0) is 7.05 Å². The van der Waals surface area contributed by atoms with E-state index in [1.165, 1.54) is 4.57 Å². The summed E-state index contributed by atoms with van der Waals surface area (Å²) in [5.74, 6) is 0.513. The molecule has 0 bridgehead atoms. The van der Waals surface area contributed by atoms with Crippen molar-refractivity contribution in [3.63, 3.8) is 0 Å². The molecule has 0 aliphatic carbocycles. The minimum atomic E-state index is -0.282. The number of aromatic nitrogens is 1. The molecule has 1 N–H and O–H groups in total. The summed E-state index contributed by atoms with van der Waals surface area (Å²) in [5, 5.41) is 2.97. The van der Waals surface area contributed by atoms with Gasteiger partial charge in [-0.3, -0.25) is 14.4 Å². The number of hydrogen-bond donors (Lipinski definition) is 1. The average Bonchev–Trinajstić information content (AvgIpc) is 2.74. The molecular weight excluding hydrogens is 438 g/mol. The van der Waals surface area contributed by atoms with E-state index in [1.807, 2.05) is 0 Å². The van der Waals surface area contributed by atoms with Crippen LogP contribution in [0.2, 0.25) is 0 Å². The van der Waals surface area contributed by atoms with Crippen molar-refractivity contribution in [2.24, 2.45) is 13.0 Å². The third-order valence-corrected chi connectivity index (χ3v) is 5.92. The fraction of sp³-hybridized carbons (Fsp3) is 0.381. The van der Waals surface area contributed by atoms with Gasteiger partial charge in [0.2, 0.25) is 0 Å². The van der Waals surface area contributed by atoms with Crippen molar-refractivity contribution < 1.29 is 14.3 Å². The molecular formula is C21H24BrN3O4. The number of carbonyl (C=O) groups excluding carboxylic acids is 2. The van der Waals surface area contributed by atoms with Crippen LogP contribution in [0.1, 0.15) is 33.6 Å². The SMILES string of the molecule is COc1ccc(Br)c(C(=O)NCC2CCN(C(=O)c3cccn(C)c3=O)CC2)c1. The first-order valence-electron chi connectivity index (χ1n) is 9.47. The molecule has 0 saturated carbocycles. The van der Waals surface area contributed by atoms with Gasteiger partial charge in [0.15, 0.2) is 0 Å². The number of aryl methyl sites for hydroxylation is 1. The maximum Gasteiger partial charge on any atom is 0.263 e. The van der Waals surface area contributed by atoms with Gasteiger partial charge in [0.25, 0.3) is 17.4 Å². The smallest absolute Gasteiger partial charge is 0.263 e. The van der Waals surface area contributed by atoms with Crippen molar-refractivity contribution in [3.05, 3.63) is 62.5 Å².